The van der Waals surface area contributed by atoms with Gasteiger partial charge in [-0.3, -0.25) is 4.99 Å². The van der Waals surface area contributed by atoms with Gasteiger partial charge in [-0.05, 0) is 52.4 Å². The van der Waals surface area contributed by atoms with Crippen molar-refractivity contribution < 1.29 is 4.43 Å². The number of nitrogens with zero attached hydrogens (tertiary/aromatic N) is 3. The van der Waals surface area contributed by atoms with Crippen molar-refractivity contribution >= 4 is 14.9 Å². The highest BCUT2D eigenvalue weighted by Gasteiger charge is 2.12. The number of benzene rings is 1. The van der Waals surface area contributed by atoms with Crippen molar-refractivity contribution in [2.24, 2.45) is 4.99 Å². The Balaban J connectivity index is 2.28. The number of aliphatic imine (C=N–C) groups is 1. The van der Waals surface area contributed by atoms with E-state index < -0.39 is 9.04 Å². The summed E-state index contributed by atoms with van der Waals surface area (Å²) in [5.74, 6) is 1.85. The summed E-state index contributed by atoms with van der Waals surface area (Å²) in [6.07, 6.45) is 2.02. The van der Waals surface area contributed by atoms with Crippen molar-refractivity contribution in [2.75, 3.05) is 0 Å². The first kappa shape index (κ1) is 16.5. The molecule has 0 radical (unpaired) electrons. The van der Waals surface area contributed by atoms with Crippen LogP contribution >= 0.6 is 0 Å². The van der Waals surface area contributed by atoms with Gasteiger partial charge in [-0.2, -0.15) is 5.10 Å². The topological polar surface area (TPSA) is 39.4 Å². The van der Waals surface area contributed by atoms with Gasteiger partial charge in [-0.25, -0.2) is 4.68 Å². The molecule has 0 N–H and O–H groups in total. The Kier molecular flexibility index (Phi) is 5.18. The lowest BCUT2D eigenvalue weighted by molar-refractivity contribution is 0.563. The molecule has 2 aromatic rings. The van der Waals surface area contributed by atoms with Gasteiger partial charge in [0.05, 0.1) is 11.7 Å². The summed E-state index contributed by atoms with van der Waals surface area (Å²) in [4.78, 5) is 4.79. The number of aryl methyl sites for hydroxylation is 2. The fourth-order valence-electron chi connectivity index (χ4n) is 2.31. The summed E-state index contributed by atoms with van der Waals surface area (Å²) in [5, 5.41) is 4.49. The largest absolute Gasteiger partial charge is 0.547 e. The van der Waals surface area contributed by atoms with Crippen LogP contribution in [0.5, 0.6) is 5.75 Å². The van der Waals surface area contributed by atoms with Gasteiger partial charge < -0.3 is 4.43 Å². The lowest BCUT2D eigenvalue weighted by Gasteiger charge is -2.17. The third-order valence-electron chi connectivity index (χ3n) is 3.59. The Bertz CT molecular complexity index is 657. The molecule has 0 saturated carbocycles. The van der Waals surface area contributed by atoms with Gasteiger partial charge in [0, 0.05) is 11.8 Å². The molecule has 0 saturated heterocycles. The lowest BCUT2D eigenvalue weighted by atomic mass is 10.1. The van der Waals surface area contributed by atoms with Crippen molar-refractivity contribution in [1.29, 1.82) is 0 Å². The monoisotopic (exact) mass is 315 g/mol. The van der Waals surface area contributed by atoms with Crippen molar-refractivity contribution in [3.8, 4) is 5.75 Å². The van der Waals surface area contributed by atoms with E-state index in [1.807, 2.05) is 42.9 Å². The molecular formula is C17H25N3OSi. The second kappa shape index (κ2) is 6.92. The quantitative estimate of drug-likeness (QED) is 0.488. The van der Waals surface area contributed by atoms with Crippen LogP contribution in [0.4, 0.5) is 0 Å². The molecule has 1 unspecified atom stereocenters. The highest BCUT2D eigenvalue weighted by Crippen LogP contribution is 2.28. The smallest absolute Gasteiger partial charge is 0.229 e. The van der Waals surface area contributed by atoms with Crippen LogP contribution in [0.2, 0.25) is 13.1 Å². The molecule has 1 aromatic carbocycles. The molecule has 0 aliphatic heterocycles. The van der Waals surface area contributed by atoms with E-state index in [1.54, 1.807) is 0 Å². The number of hydrogen-bond acceptors (Lipinski definition) is 3. The fraction of sp³-hybridized carbons (Fsp3) is 0.412. The molecule has 0 amide bonds. The molecule has 0 spiro atoms. The van der Waals surface area contributed by atoms with Crippen molar-refractivity contribution in [3.05, 3.63) is 47.3 Å². The van der Waals surface area contributed by atoms with Gasteiger partial charge in [0.1, 0.15) is 11.6 Å². The van der Waals surface area contributed by atoms with Crippen molar-refractivity contribution in [1.82, 2.24) is 9.78 Å². The zero-order valence-electron chi connectivity index (χ0n) is 14.3. The van der Waals surface area contributed by atoms with E-state index in [2.05, 4.69) is 38.1 Å². The third kappa shape index (κ3) is 3.85. The maximum atomic E-state index is 6.02. The molecule has 5 heteroatoms. The molecule has 0 aliphatic rings. The predicted octanol–water partition coefficient (Wildman–Crippen LogP) is 3.89. The molecule has 1 heterocycles. The summed E-state index contributed by atoms with van der Waals surface area (Å²) in [6, 6.07) is 8.21. The second-order valence-corrected chi connectivity index (χ2v) is 8.23. The van der Waals surface area contributed by atoms with E-state index in [9.17, 15) is 0 Å². The van der Waals surface area contributed by atoms with Crippen LogP contribution in [0.15, 0.2) is 35.5 Å². The molecular weight excluding hydrogens is 290 g/mol. The summed E-state index contributed by atoms with van der Waals surface area (Å²) in [7, 11) is -1.13. The predicted molar refractivity (Wildman–Crippen MR) is 94.6 cm³/mol. The zero-order valence-corrected chi connectivity index (χ0v) is 15.4. The minimum atomic E-state index is -1.13. The van der Waals surface area contributed by atoms with Crippen LogP contribution in [0.1, 0.15) is 36.7 Å². The Morgan fingerprint density at radius 3 is 2.55 bits per heavy atom. The van der Waals surface area contributed by atoms with Crippen molar-refractivity contribution in [2.45, 2.75) is 46.8 Å². The van der Waals surface area contributed by atoms with Crippen LogP contribution < -0.4 is 4.43 Å². The van der Waals surface area contributed by atoms with E-state index in [0.29, 0.717) is 0 Å². The maximum Gasteiger partial charge on any atom is 0.229 e. The first-order valence-electron chi connectivity index (χ1n) is 7.71. The number of aromatic nitrogens is 2. The molecule has 1 atom stereocenters. The van der Waals surface area contributed by atoms with Gasteiger partial charge in [-0.1, -0.05) is 18.2 Å². The Morgan fingerprint density at radius 2 is 1.95 bits per heavy atom. The van der Waals surface area contributed by atoms with Crippen LogP contribution in [0.25, 0.3) is 0 Å². The van der Waals surface area contributed by atoms with Gasteiger partial charge in [0.2, 0.25) is 9.04 Å². The molecule has 22 heavy (non-hydrogen) atoms. The minimum absolute atomic E-state index is 0.0359. The highest BCUT2D eigenvalue weighted by molar-refractivity contribution is 6.49. The maximum absolute atomic E-state index is 6.02. The first-order valence-corrected chi connectivity index (χ1v) is 10.5. The first-order chi connectivity index (χ1) is 10.4. The van der Waals surface area contributed by atoms with Crippen molar-refractivity contribution in [3.63, 3.8) is 0 Å². The SMILES string of the molecule is CC(=NC(C)c1ccccc1O[SiH](C)C)n1cc(C)c(C)n1. The summed E-state index contributed by atoms with van der Waals surface area (Å²) < 4.78 is 7.87. The number of hydrogen-bond donors (Lipinski definition) is 0. The molecule has 118 valence electrons. The number of para-hydroxylation sites is 1. The fourth-order valence-corrected chi connectivity index (χ4v) is 3.03. The number of rotatable bonds is 4. The molecule has 1 aromatic heterocycles. The van der Waals surface area contributed by atoms with Gasteiger partial charge in [0.25, 0.3) is 0 Å². The van der Waals surface area contributed by atoms with Crippen LogP contribution in [-0.4, -0.2) is 24.7 Å². The van der Waals surface area contributed by atoms with Crippen LogP contribution in [0.3, 0.4) is 0 Å². The van der Waals surface area contributed by atoms with E-state index in [0.717, 1.165) is 22.8 Å². The Morgan fingerprint density at radius 1 is 1.27 bits per heavy atom. The summed E-state index contributed by atoms with van der Waals surface area (Å²) in [5.41, 5.74) is 3.34. The Labute approximate surface area is 134 Å². The average Bonchev–Trinajstić information content (AvgIpc) is 2.78. The second-order valence-electron chi connectivity index (χ2n) is 5.90. The molecule has 0 fully saturated rings. The lowest BCUT2D eigenvalue weighted by Crippen LogP contribution is -2.14. The van der Waals surface area contributed by atoms with Gasteiger partial charge in [-0.15, -0.1) is 0 Å². The zero-order chi connectivity index (χ0) is 16.3. The van der Waals surface area contributed by atoms with E-state index in [1.165, 1.54) is 5.56 Å². The Hall–Kier alpha value is -1.88. The van der Waals surface area contributed by atoms with E-state index in [-0.39, 0.29) is 6.04 Å². The third-order valence-corrected chi connectivity index (χ3v) is 4.31. The summed E-state index contributed by atoms with van der Waals surface area (Å²) >= 11 is 0. The summed E-state index contributed by atoms with van der Waals surface area (Å²) in [6.45, 7) is 12.5. The average molecular weight is 315 g/mol. The van der Waals surface area contributed by atoms with Gasteiger partial charge in [0.15, 0.2) is 0 Å². The molecule has 0 bridgehead atoms. The van der Waals surface area contributed by atoms with Gasteiger partial charge >= 0.3 is 0 Å². The molecule has 4 nitrogen and oxygen atoms in total. The normalized spacial score (nSPS) is 13.5. The standard InChI is InChI=1S/C17H25N3OSi/c1-12-11-20(19-13(12)2)15(4)18-14(3)16-9-7-8-10-17(16)21-22(5)6/h7-11,14,22H,1-6H3. The van der Waals surface area contributed by atoms with Crippen LogP contribution in [0, 0.1) is 13.8 Å². The minimum Gasteiger partial charge on any atom is -0.547 e. The molecule has 0 aliphatic carbocycles. The highest BCUT2D eigenvalue weighted by atomic mass is 28.3. The van der Waals surface area contributed by atoms with E-state index >= 15 is 0 Å². The molecule has 2 rings (SSSR count). The van der Waals surface area contributed by atoms with E-state index in [4.69, 9.17) is 9.42 Å². The van der Waals surface area contributed by atoms with Crippen LogP contribution in [-0.2, 0) is 0 Å².